The molecule has 2 heterocycles. The van der Waals surface area contributed by atoms with E-state index in [1.165, 1.54) is 15.4 Å². The summed E-state index contributed by atoms with van der Waals surface area (Å²) >= 11 is 6.42. The van der Waals surface area contributed by atoms with E-state index in [0.29, 0.717) is 37.8 Å². The van der Waals surface area contributed by atoms with E-state index in [4.69, 9.17) is 31.0 Å². The summed E-state index contributed by atoms with van der Waals surface area (Å²) in [6.45, 7) is 6.80. The van der Waals surface area contributed by atoms with Gasteiger partial charge in [0.05, 0.1) is 30.1 Å². The molecule has 0 amide bonds. The van der Waals surface area contributed by atoms with Gasteiger partial charge in [0.25, 0.3) is 10.2 Å². The summed E-state index contributed by atoms with van der Waals surface area (Å²) in [6, 6.07) is 11.0. The van der Waals surface area contributed by atoms with E-state index in [0.717, 1.165) is 67.8 Å². The van der Waals surface area contributed by atoms with Crippen LogP contribution >= 0.6 is 11.6 Å². The molecule has 4 aliphatic rings. The number of fused-ring (bicyclic) bond motifs is 3. The van der Waals surface area contributed by atoms with E-state index in [9.17, 15) is 18.3 Å². The van der Waals surface area contributed by atoms with E-state index in [1.54, 1.807) is 25.3 Å². The van der Waals surface area contributed by atoms with Crippen LogP contribution in [-0.2, 0) is 31.5 Å². The fourth-order valence-electron chi connectivity index (χ4n) is 8.56. The van der Waals surface area contributed by atoms with Crippen molar-refractivity contribution in [1.82, 2.24) is 4.31 Å². The number of carbonyl (C=O) groups is 1. The molecule has 1 saturated heterocycles. The van der Waals surface area contributed by atoms with Crippen molar-refractivity contribution >= 4 is 33.5 Å². The molecule has 2 aliphatic heterocycles. The molecule has 268 valence electrons. The lowest BCUT2D eigenvalue weighted by Crippen LogP contribution is -2.50. The molecule has 1 saturated carbocycles. The predicted octanol–water partition coefficient (Wildman–Crippen LogP) is 5.96. The number of carboxylic acids is 1. The van der Waals surface area contributed by atoms with Crippen LogP contribution in [0.5, 0.6) is 5.75 Å². The third-order valence-electron chi connectivity index (χ3n) is 11.3. The number of ether oxygens (including phenoxy) is 3. The number of rotatable bonds is 12. The number of halogens is 1. The van der Waals surface area contributed by atoms with E-state index in [1.807, 2.05) is 13.0 Å². The molecule has 0 radical (unpaired) electrons. The van der Waals surface area contributed by atoms with Crippen LogP contribution in [-0.4, -0.2) is 82.0 Å². The van der Waals surface area contributed by atoms with Crippen LogP contribution in [0.4, 0.5) is 5.69 Å². The van der Waals surface area contributed by atoms with Crippen LogP contribution in [0.25, 0.3) is 0 Å². The molecule has 0 bridgehead atoms. The minimum atomic E-state index is -3.90. The minimum absolute atomic E-state index is 0.131. The average molecular weight is 716 g/mol. The first-order valence-electron chi connectivity index (χ1n) is 17.5. The topological polar surface area (TPSA) is 132 Å². The molecule has 3 N–H and O–H groups in total. The summed E-state index contributed by atoms with van der Waals surface area (Å²) in [5, 5.41) is 16.3. The lowest BCUT2D eigenvalue weighted by Gasteiger charge is -2.46. The number of hydrogen-bond donors (Lipinski definition) is 2. The normalized spacial score (nSPS) is 26.8. The number of nitrogens with zero attached hydrogens (tertiary/aromatic N) is 2. The van der Waals surface area contributed by atoms with Crippen LogP contribution < -0.4 is 14.8 Å². The summed E-state index contributed by atoms with van der Waals surface area (Å²) in [5.74, 6) is 0.291. The number of nitrogens with two attached hydrogens (primary N) is 1. The third-order valence-corrected chi connectivity index (χ3v) is 12.7. The molecule has 1 spiro atoms. The Bertz CT molecular complexity index is 1660. The summed E-state index contributed by atoms with van der Waals surface area (Å²) < 4.78 is 44.7. The van der Waals surface area contributed by atoms with Crippen molar-refractivity contribution in [1.29, 1.82) is 0 Å². The Morgan fingerprint density at radius 2 is 2.04 bits per heavy atom. The van der Waals surface area contributed by atoms with Gasteiger partial charge in [-0.25, -0.2) is 9.93 Å². The number of aryl methyl sites for hydroxylation is 1. The van der Waals surface area contributed by atoms with Crippen molar-refractivity contribution in [2.75, 3.05) is 44.9 Å². The third kappa shape index (κ3) is 7.82. The molecule has 6 atom stereocenters. The largest absolute Gasteiger partial charge is 0.490 e. The lowest BCUT2D eigenvalue weighted by molar-refractivity contribution is 0.00611. The van der Waals surface area contributed by atoms with Crippen LogP contribution in [0.1, 0.15) is 80.3 Å². The summed E-state index contributed by atoms with van der Waals surface area (Å²) in [7, 11) is -2.16. The van der Waals surface area contributed by atoms with Crippen molar-refractivity contribution in [2.45, 2.75) is 88.9 Å². The molecule has 1 unspecified atom stereocenters. The summed E-state index contributed by atoms with van der Waals surface area (Å²) in [5.41, 5.74) is 4.38. The number of carboxylic acid groups (broad SMARTS) is 1. The van der Waals surface area contributed by atoms with Crippen LogP contribution in [0.3, 0.4) is 0 Å². The molecule has 12 heteroatoms. The fraction of sp³-hybridized carbons (Fsp3) is 0.595. The van der Waals surface area contributed by atoms with Crippen molar-refractivity contribution < 1.29 is 32.5 Å². The molecule has 0 aromatic heterocycles. The van der Waals surface area contributed by atoms with E-state index < -0.39 is 16.2 Å². The Morgan fingerprint density at radius 3 is 2.71 bits per heavy atom. The summed E-state index contributed by atoms with van der Waals surface area (Å²) in [6.07, 6.45) is 9.09. The van der Waals surface area contributed by atoms with Gasteiger partial charge in [0.15, 0.2) is 0 Å². The molecule has 2 aliphatic carbocycles. The zero-order valence-electron chi connectivity index (χ0n) is 28.8. The van der Waals surface area contributed by atoms with Crippen LogP contribution in [0.15, 0.2) is 48.0 Å². The van der Waals surface area contributed by atoms with Crippen molar-refractivity contribution in [2.24, 2.45) is 17.0 Å². The molecule has 6 rings (SSSR count). The number of hydrogen-bond acceptors (Lipinski definition) is 7. The molecule has 2 aromatic rings. The first-order valence-corrected chi connectivity index (χ1v) is 19.4. The highest BCUT2D eigenvalue weighted by Gasteiger charge is 2.45. The van der Waals surface area contributed by atoms with Gasteiger partial charge in [-0.05, 0) is 124 Å². The van der Waals surface area contributed by atoms with Gasteiger partial charge >= 0.3 is 5.97 Å². The maximum Gasteiger partial charge on any atom is 0.335 e. The fourth-order valence-corrected chi connectivity index (χ4v) is 9.72. The van der Waals surface area contributed by atoms with E-state index in [2.05, 4.69) is 30.0 Å². The van der Waals surface area contributed by atoms with E-state index in [-0.39, 0.29) is 41.7 Å². The minimum Gasteiger partial charge on any atom is -0.490 e. The van der Waals surface area contributed by atoms with Gasteiger partial charge in [-0.2, -0.15) is 12.7 Å². The Labute approximate surface area is 295 Å². The second-order valence-electron chi connectivity index (χ2n) is 14.5. The standard InChI is InChI=1S/C37H50ClN3O7S/c1-24(8-9-25(2)41(49(39,44)45)21-30-7-5-17-47-30)35(46-3)31-13-10-28(31)20-40-22-37(16-4-6-26-18-29(38)12-14-32(26)37)23-48-34-15-11-27(36(42)43)19-33(34)40/h8,11-12,14-15,18-19,25,28,30-31,35H,4-7,9-10,13,16-17,20-23H2,1-3H3,(H,42,43)(H2,39,44,45)/b24-8+/t25-,28-,30?,31+,35-,37-/m0/s1. The molecular weight excluding hydrogens is 666 g/mol. The van der Waals surface area contributed by atoms with Crippen molar-refractivity contribution in [3.63, 3.8) is 0 Å². The molecular formula is C37H50ClN3O7S. The average Bonchev–Trinajstić information content (AvgIpc) is 3.52. The Hall–Kier alpha value is -2.67. The Kier molecular flexibility index (Phi) is 11.0. The van der Waals surface area contributed by atoms with Gasteiger partial charge in [-0.15, -0.1) is 0 Å². The molecule has 49 heavy (non-hydrogen) atoms. The number of benzene rings is 2. The highest BCUT2D eigenvalue weighted by atomic mass is 35.5. The van der Waals surface area contributed by atoms with Gasteiger partial charge in [0.1, 0.15) is 5.75 Å². The van der Waals surface area contributed by atoms with Crippen molar-refractivity contribution in [3.8, 4) is 5.75 Å². The smallest absolute Gasteiger partial charge is 0.335 e. The predicted molar refractivity (Wildman–Crippen MR) is 191 cm³/mol. The lowest BCUT2D eigenvalue weighted by atomic mass is 9.67. The second-order valence-corrected chi connectivity index (χ2v) is 16.5. The quantitative estimate of drug-likeness (QED) is 0.258. The maximum atomic E-state index is 12.5. The summed E-state index contributed by atoms with van der Waals surface area (Å²) in [4.78, 5) is 14.4. The van der Waals surface area contributed by atoms with E-state index >= 15 is 0 Å². The zero-order chi connectivity index (χ0) is 34.9. The zero-order valence-corrected chi connectivity index (χ0v) is 30.3. The maximum absolute atomic E-state index is 12.5. The number of aromatic carboxylic acids is 1. The first kappa shape index (κ1) is 36.1. The van der Waals surface area contributed by atoms with Crippen LogP contribution in [0, 0.1) is 11.8 Å². The molecule has 10 nitrogen and oxygen atoms in total. The number of anilines is 1. The van der Waals surface area contributed by atoms with Crippen molar-refractivity contribution in [3.05, 3.63) is 69.8 Å². The highest BCUT2D eigenvalue weighted by Crippen LogP contribution is 2.47. The second kappa shape index (κ2) is 14.9. The van der Waals surface area contributed by atoms with Gasteiger partial charge < -0.3 is 24.2 Å². The molecule has 2 fully saturated rings. The SMILES string of the molecule is CO[C@@H](/C(C)=C/C[C@H](C)N(CC1CCCO1)S(N)(=O)=O)[C@@H]1CC[C@H]1CN1C[C@@]2(CCCc3cc(Cl)ccc32)COc2ccc(C(=O)O)cc21. The van der Waals surface area contributed by atoms with Gasteiger partial charge in [0, 0.05) is 49.8 Å². The monoisotopic (exact) mass is 715 g/mol. The van der Waals surface area contributed by atoms with Gasteiger partial charge in [-0.1, -0.05) is 23.7 Å². The van der Waals surface area contributed by atoms with Crippen LogP contribution in [0.2, 0.25) is 5.02 Å². The Morgan fingerprint density at radius 1 is 1.22 bits per heavy atom. The Balaban J connectivity index is 1.22. The molecule has 2 aromatic carbocycles. The highest BCUT2D eigenvalue weighted by molar-refractivity contribution is 7.86. The van der Waals surface area contributed by atoms with Gasteiger partial charge in [-0.3, -0.25) is 0 Å². The first-order chi connectivity index (χ1) is 23.4. The number of methoxy groups -OCH3 is 1. The van der Waals surface area contributed by atoms with Gasteiger partial charge in [0.2, 0.25) is 0 Å².